The van der Waals surface area contributed by atoms with E-state index in [0.29, 0.717) is 27.8 Å². The third-order valence-electron chi connectivity index (χ3n) is 3.80. The van der Waals surface area contributed by atoms with E-state index in [4.69, 9.17) is 21.1 Å². The summed E-state index contributed by atoms with van der Waals surface area (Å²) in [5, 5.41) is 6.24. The number of rotatable bonds is 9. The summed E-state index contributed by atoms with van der Waals surface area (Å²) in [4.78, 5) is 37.5. The number of hydrogen-bond acceptors (Lipinski definition) is 6. The minimum absolute atomic E-state index is 0.179. The van der Waals surface area contributed by atoms with Gasteiger partial charge in [-0.2, -0.15) is 0 Å². The monoisotopic (exact) mass is 438 g/mol. The Hall–Kier alpha value is -2.58. The van der Waals surface area contributed by atoms with Crippen LogP contribution in [0.25, 0.3) is 0 Å². The van der Waals surface area contributed by atoms with Crippen LogP contribution in [0.3, 0.4) is 0 Å². The van der Waals surface area contributed by atoms with E-state index in [-0.39, 0.29) is 29.7 Å². The minimum Gasteiger partial charge on any atom is -0.484 e. The van der Waals surface area contributed by atoms with Gasteiger partial charge in [0.1, 0.15) is 10.8 Å². The molecule has 7 nitrogen and oxygen atoms in total. The molecule has 0 fully saturated rings. The number of halogens is 1. The van der Waals surface area contributed by atoms with Crippen molar-refractivity contribution in [1.29, 1.82) is 0 Å². The largest absolute Gasteiger partial charge is 0.484 e. The van der Waals surface area contributed by atoms with Crippen LogP contribution >= 0.6 is 22.9 Å². The van der Waals surface area contributed by atoms with Crippen LogP contribution in [-0.2, 0) is 9.53 Å². The smallest absolute Gasteiger partial charge is 0.341 e. The van der Waals surface area contributed by atoms with E-state index in [1.165, 1.54) is 0 Å². The highest BCUT2D eigenvalue weighted by Gasteiger charge is 2.26. The van der Waals surface area contributed by atoms with Crippen LogP contribution in [0.1, 0.15) is 45.9 Å². The van der Waals surface area contributed by atoms with E-state index in [0.717, 1.165) is 17.8 Å². The molecule has 0 spiro atoms. The number of amides is 2. The zero-order chi connectivity index (χ0) is 21.4. The van der Waals surface area contributed by atoms with Crippen molar-refractivity contribution >= 4 is 45.7 Å². The van der Waals surface area contributed by atoms with Gasteiger partial charge in [-0.3, -0.25) is 9.59 Å². The first-order chi connectivity index (χ1) is 13.9. The Balaban J connectivity index is 2.17. The van der Waals surface area contributed by atoms with Crippen molar-refractivity contribution in [1.82, 2.24) is 5.32 Å². The molecule has 0 aliphatic carbocycles. The fraction of sp³-hybridized carbons (Fsp3) is 0.350. The molecule has 2 aromatic rings. The number of anilines is 1. The molecule has 0 saturated heterocycles. The van der Waals surface area contributed by atoms with Gasteiger partial charge < -0.3 is 20.1 Å². The van der Waals surface area contributed by atoms with Crippen molar-refractivity contribution in [3.63, 3.8) is 0 Å². The van der Waals surface area contributed by atoms with Gasteiger partial charge in [-0.1, -0.05) is 18.5 Å². The van der Waals surface area contributed by atoms with Crippen LogP contribution in [0.4, 0.5) is 5.00 Å². The first-order valence-corrected chi connectivity index (χ1v) is 10.3. The molecule has 0 saturated carbocycles. The molecule has 1 aromatic carbocycles. The molecule has 0 atom stereocenters. The van der Waals surface area contributed by atoms with E-state index in [9.17, 15) is 14.4 Å². The third-order valence-corrected chi connectivity index (χ3v) is 5.26. The van der Waals surface area contributed by atoms with Crippen LogP contribution < -0.4 is 15.4 Å². The normalized spacial score (nSPS) is 10.3. The Morgan fingerprint density at radius 2 is 1.83 bits per heavy atom. The molecule has 0 aliphatic rings. The van der Waals surface area contributed by atoms with E-state index >= 15 is 0 Å². The Bertz CT molecular complexity index is 880. The summed E-state index contributed by atoms with van der Waals surface area (Å²) in [6, 6.07) is 6.59. The van der Waals surface area contributed by atoms with Crippen molar-refractivity contribution in [2.24, 2.45) is 0 Å². The Labute approximate surface area is 178 Å². The molecular formula is C20H23ClN2O5S. The van der Waals surface area contributed by atoms with Crippen LogP contribution in [0.5, 0.6) is 5.75 Å². The van der Waals surface area contributed by atoms with Gasteiger partial charge in [-0.25, -0.2) is 4.79 Å². The third kappa shape index (κ3) is 6.20. The second-order valence-corrected chi connectivity index (χ2v) is 7.48. The lowest BCUT2D eigenvalue weighted by molar-refractivity contribution is -0.118. The maximum Gasteiger partial charge on any atom is 0.341 e. The second-order valence-electron chi connectivity index (χ2n) is 6.03. The zero-order valence-corrected chi connectivity index (χ0v) is 18.0. The predicted octanol–water partition coefficient (Wildman–Crippen LogP) is 4.04. The maximum atomic E-state index is 12.4. The molecule has 0 aliphatic heterocycles. The molecule has 0 radical (unpaired) electrons. The van der Waals surface area contributed by atoms with Gasteiger partial charge in [0, 0.05) is 11.6 Å². The second kappa shape index (κ2) is 10.8. The quantitative estimate of drug-likeness (QED) is 0.576. The minimum atomic E-state index is -0.593. The van der Waals surface area contributed by atoms with Crippen LogP contribution in [0.15, 0.2) is 24.3 Å². The summed E-state index contributed by atoms with van der Waals surface area (Å²) in [7, 11) is 0. The molecule has 156 valence electrons. The average Bonchev–Trinajstić information content (AvgIpc) is 3.01. The summed E-state index contributed by atoms with van der Waals surface area (Å²) in [5.41, 5.74) is 0.648. The van der Waals surface area contributed by atoms with Gasteiger partial charge >= 0.3 is 5.97 Å². The molecule has 9 heteroatoms. The maximum absolute atomic E-state index is 12.4. The van der Waals surface area contributed by atoms with Gasteiger partial charge in [-0.15, -0.1) is 11.3 Å². The van der Waals surface area contributed by atoms with Gasteiger partial charge in [0.25, 0.3) is 11.8 Å². The topological polar surface area (TPSA) is 93.7 Å². The number of hydrogen-bond donors (Lipinski definition) is 2. The van der Waals surface area contributed by atoms with E-state index < -0.39 is 11.9 Å². The fourth-order valence-corrected chi connectivity index (χ4v) is 3.68. The summed E-state index contributed by atoms with van der Waals surface area (Å²) in [6.07, 6.45) is 0.784. The molecule has 29 heavy (non-hydrogen) atoms. The zero-order valence-electron chi connectivity index (χ0n) is 16.5. The predicted molar refractivity (Wildman–Crippen MR) is 113 cm³/mol. The Kier molecular flexibility index (Phi) is 8.48. The van der Waals surface area contributed by atoms with Crippen LogP contribution in [0, 0.1) is 6.92 Å². The lowest BCUT2D eigenvalue weighted by Gasteiger charge is -2.08. The molecular weight excluding hydrogens is 416 g/mol. The van der Waals surface area contributed by atoms with Gasteiger partial charge in [-0.05, 0) is 50.1 Å². The highest BCUT2D eigenvalue weighted by atomic mass is 35.5. The highest BCUT2D eigenvalue weighted by Crippen LogP contribution is 2.33. The fourth-order valence-electron chi connectivity index (χ4n) is 2.43. The van der Waals surface area contributed by atoms with Crippen molar-refractivity contribution in [2.75, 3.05) is 25.1 Å². The molecule has 2 amide bonds. The number of thiophene rings is 1. The van der Waals surface area contributed by atoms with E-state index in [1.807, 2.05) is 6.92 Å². The number of esters is 1. The summed E-state index contributed by atoms with van der Waals surface area (Å²) in [5.74, 6) is -0.869. The van der Waals surface area contributed by atoms with Gasteiger partial charge in [0.15, 0.2) is 6.61 Å². The number of benzene rings is 1. The number of carbonyl (C=O) groups is 3. The highest BCUT2D eigenvalue weighted by molar-refractivity contribution is 7.18. The summed E-state index contributed by atoms with van der Waals surface area (Å²) in [6.45, 7) is 5.71. The summed E-state index contributed by atoms with van der Waals surface area (Å²) >= 11 is 6.85. The Morgan fingerprint density at radius 3 is 2.45 bits per heavy atom. The molecule has 1 heterocycles. The van der Waals surface area contributed by atoms with Crippen molar-refractivity contribution in [2.45, 2.75) is 27.2 Å². The molecule has 0 unspecified atom stereocenters. The molecule has 0 bridgehead atoms. The Morgan fingerprint density at radius 1 is 1.14 bits per heavy atom. The lowest BCUT2D eigenvalue weighted by Crippen LogP contribution is -2.23. The van der Waals surface area contributed by atoms with Crippen molar-refractivity contribution < 1.29 is 23.9 Å². The van der Waals surface area contributed by atoms with Gasteiger partial charge in [0.2, 0.25) is 0 Å². The standard InChI is InChI=1S/C20H23ClN2O5S/c1-4-10-22-18(25)17-12(3)16(20(26)27-5-2)19(29-17)23-15(24)11-28-14-8-6-13(21)7-9-14/h6-9H,4-5,10-11H2,1-3H3,(H,22,25)(H,23,24). The first-order valence-electron chi connectivity index (χ1n) is 9.14. The van der Waals surface area contributed by atoms with Crippen molar-refractivity contribution in [3.05, 3.63) is 45.3 Å². The van der Waals surface area contributed by atoms with E-state index in [1.54, 1.807) is 38.1 Å². The lowest BCUT2D eigenvalue weighted by atomic mass is 10.1. The SMILES string of the molecule is CCCNC(=O)c1sc(NC(=O)COc2ccc(Cl)cc2)c(C(=O)OCC)c1C. The van der Waals surface area contributed by atoms with E-state index in [2.05, 4.69) is 10.6 Å². The number of nitrogens with one attached hydrogen (secondary N) is 2. The van der Waals surface area contributed by atoms with Crippen LogP contribution in [-0.4, -0.2) is 37.5 Å². The number of ether oxygens (including phenoxy) is 2. The molecule has 1 aromatic heterocycles. The average molecular weight is 439 g/mol. The van der Waals surface area contributed by atoms with Crippen LogP contribution in [0.2, 0.25) is 5.02 Å². The molecule has 2 rings (SSSR count). The molecule has 2 N–H and O–H groups in total. The summed E-state index contributed by atoms with van der Waals surface area (Å²) < 4.78 is 10.5. The first kappa shape index (κ1) is 22.7. The van der Waals surface area contributed by atoms with Gasteiger partial charge in [0.05, 0.1) is 17.0 Å². The number of carbonyl (C=O) groups excluding carboxylic acids is 3. The van der Waals surface area contributed by atoms with Crippen molar-refractivity contribution in [3.8, 4) is 5.75 Å².